The van der Waals surface area contributed by atoms with E-state index >= 15 is 0 Å². The molecule has 0 aliphatic carbocycles. The molecule has 5 nitrogen and oxygen atoms in total. The van der Waals surface area contributed by atoms with E-state index in [1.807, 2.05) is 25.1 Å². The van der Waals surface area contributed by atoms with Gasteiger partial charge in [-0.3, -0.25) is 9.69 Å². The van der Waals surface area contributed by atoms with Gasteiger partial charge in [-0.05, 0) is 18.6 Å². The fraction of sp³-hybridized carbons (Fsp3) is 0.333. The number of anilines is 1. The van der Waals surface area contributed by atoms with Gasteiger partial charge in [-0.15, -0.1) is 0 Å². The Hall–Kier alpha value is -1.88. The molecule has 0 bridgehead atoms. The summed E-state index contributed by atoms with van der Waals surface area (Å²) in [5, 5.41) is 0. The van der Waals surface area contributed by atoms with Crippen molar-refractivity contribution in [2.24, 2.45) is 5.73 Å². The fourth-order valence-corrected chi connectivity index (χ4v) is 1.35. The minimum atomic E-state index is -0.730. The van der Waals surface area contributed by atoms with Crippen LogP contribution < -0.4 is 10.6 Å². The third-order valence-electron chi connectivity index (χ3n) is 2.10. The Bertz CT molecular complexity index is 379. The number of rotatable bonds is 4. The largest absolute Gasteiger partial charge is 0.422 e. The second kappa shape index (κ2) is 6.65. The van der Waals surface area contributed by atoms with Crippen LogP contribution in [-0.2, 0) is 9.53 Å². The van der Waals surface area contributed by atoms with E-state index in [-0.39, 0.29) is 6.54 Å². The van der Waals surface area contributed by atoms with Crippen molar-refractivity contribution in [2.45, 2.75) is 13.3 Å². The van der Waals surface area contributed by atoms with Crippen LogP contribution in [0.4, 0.5) is 10.5 Å². The quantitative estimate of drug-likeness (QED) is 0.635. The molecule has 1 aromatic rings. The average Bonchev–Trinajstić information content (AvgIpc) is 2.36. The molecular weight excluding hydrogens is 220 g/mol. The zero-order valence-electron chi connectivity index (χ0n) is 9.76. The third kappa shape index (κ3) is 3.88. The molecule has 0 heterocycles. The lowest BCUT2D eigenvalue weighted by atomic mass is 10.3. The highest BCUT2D eigenvalue weighted by molar-refractivity contribution is 5.95. The van der Waals surface area contributed by atoms with Crippen LogP contribution in [0, 0.1) is 0 Å². The highest BCUT2D eigenvalue weighted by Crippen LogP contribution is 2.14. The van der Waals surface area contributed by atoms with E-state index in [1.54, 1.807) is 12.1 Å². The summed E-state index contributed by atoms with van der Waals surface area (Å²) in [7, 11) is 0. The highest BCUT2D eigenvalue weighted by atomic mass is 16.6. The van der Waals surface area contributed by atoms with E-state index in [1.165, 1.54) is 4.90 Å². The van der Waals surface area contributed by atoms with Crippen molar-refractivity contribution in [2.75, 3.05) is 18.0 Å². The molecule has 1 amide bonds. The predicted molar refractivity (Wildman–Crippen MR) is 64.6 cm³/mol. The smallest absolute Gasteiger partial charge is 0.375 e. The van der Waals surface area contributed by atoms with Crippen molar-refractivity contribution in [3.8, 4) is 0 Å². The van der Waals surface area contributed by atoms with Crippen molar-refractivity contribution in [3.05, 3.63) is 30.3 Å². The van der Waals surface area contributed by atoms with Crippen LogP contribution in [0.15, 0.2) is 30.3 Å². The maximum absolute atomic E-state index is 11.7. The van der Waals surface area contributed by atoms with Crippen LogP contribution in [-0.4, -0.2) is 25.2 Å². The van der Waals surface area contributed by atoms with Gasteiger partial charge in [0.2, 0.25) is 0 Å². The maximum Gasteiger partial charge on any atom is 0.422 e. The molecule has 0 fully saturated rings. The van der Waals surface area contributed by atoms with Crippen LogP contribution >= 0.6 is 0 Å². The number of para-hydroxylation sites is 1. The van der Waals surface area contributed by atoms with Gasteiger partial charge in [0.1, 0.15) is 0 Å². The molecule has 2 N–H and O–H groups in total. The van der Waals surface area contributed by atoms with Gasteiger partial charge in [0.25, 0.3) is 0 Å². The zero-order chi connectivity index (χ0) is 12.7. The van der Waals surface area contributed by atoms with E-state index in [2.05, 4.69) is 4.74 Å². The molecule has 0 spiro atoms. The molecule has 0 atom stereocenters. The van der Waals surface area contributed by atoms with Crippen LogP contribution in [0.3, 0.4) is 0 Å². The Labute approximate surface area is 100 Å². The van der Waals surface area contributed by atoms with Gasteiger partial charge in [0.05, 0.1) is 6.54 Å². The number of hydrogen-bond donors (Lipinski definition) is 1. The van der Waals surface area contributed by atoms with E-state index < -0.39 is 12.1 Å². The van der Waals surface area contributed by atoms with Gasteiger partial charge in [-0.1, -0.05) is 25.1 Å². The molecule has 1 aromatic carbocycles. The Morgan fingerprint density at radius 1 is 1.29 bits per heavy atom. The lowest BCUT2D eigenvalue weighted by Gasteiger charge is -2.20. The van der Waals surface area contributed by atoms with Crippen LogP contribution in [0.2, 0.25) is 0 Å². The van der Waals surface area contributed by atoms with Crippen molar-refractivity contribution >= 4 is 17.7 Å². The zero-order valence-corrected chi connectivity index (χ0v) is 9.76. The monoisotopic (exact) mass is 236 g/mol. The van der Waals surface area contributed by atoms with E-state index in [9.17, 15) is 9.59 Å². The first-order chi connectivity index (χ1) is 8.19. The molecule has 0 radical (unpaired) electrons. The Morgan fingerprint density at radius 3 is 2.47 bits per heavy atom. The Morgan fingerprint density at radius 2 is 1.94 bits per heavy atom. The summed E-state index contributed by atoms with van der Waals surface area (Å²) in [6, 6.07) is 9.05. The highest BCUT2D eigenvalue weighted by Gasteiger charge is 2.18. The van der Waals surface area contributed by atoms with Crippen molar-refractivity contribution in [1.29, 1.82) is 0 Å². The van der Waals surface area contributed by atoms with Crippen molar-refractivity contribution < 1.29 is 14.3 Å². The van der Waals surface area contributed by atoms with Crippen molar-refractivity contribution in [1.82, 2.24) is 0 Å². The molecule has 1 rings (SSSR count). The standard InChI is InChI=1S/C12H16N2O3/c1-2-8-14(10-6-4-3-5-7-10)12(16)17-11(15)9-13/h3-7H,2,8-9,13H2,1H3. The molecule has 92 valence electrons. The number of amides is 1. The first-order valence-corrected chi connectivity index (χ1v) is 5.46. The van der Waals surface area contributed by atoms with Gasteiger partial charge in [0, 0.05) is 12.2 Å². The number of nitrogens with zero attached hydrogens (tertiary/aromatic N) is 1. The van der Waals surface area contributed by atoms with Crippen molar-refractivity contribution in [3.63, 3.8) is 0 Å². The van der Waals surface area contributed by atoms with Crippen LogP contribution in [0.5, 0.6) is 0 Å². The number of benzene rings is 1. The van der Waals surface area contributed by atoms with Crippen LogP contribution in [0.1, 0.15) is 13.3 Å². The summed E-state index contributed by atoms with van der Waals surface area (Å²) in [5.74, 6) is -0.730. The number of ether oxygens (including phenoxy) is 1. The molecule has 17 heavy (non-hydrogen) atoms. The number of esters is 1. The van der Waals surface area contributed by atoms with Gasteiger partial charge >= 0.3 is 12.1 Å². The molecule has 5 heteroatoms. The van der Waals surface area contributed by atoms with Gasteiger partial charge in [-0.25, -0.2) is 4.79 Å². The summed E-state index contributed by atoms with van der Waals surface area (Å²) in [6.07, 6.45) is 0.0781. The number of hydrogen-bond acceptors (Lipinski definition) is 4. The SMILES string of the molecule is CCCN(C(=O)OC(=O)CN)c1ccccc1. The summed E-state index contributed by atoms with van der Waals surface area (Å²) < 4.78 is 4.59. The van der Waals surface area contributed by atoms with Crippen LogP contribution in [0.25, 0.3) is 0 Å². The lowest BCUT2D eigenvalue weighted by Crippen LogP contribution is -2.35. The average molecular weight is 236 g/mol. The minimum absolute atomic E-state index is 0.305. The first kappa shape index (κ1) is 13.2. The van der Waals surface area contributed by atoms with E-state index in [0.29, 0.717) is 12.2 Å². The molecular formula is C12H16N2O3. The summed E-state index contributed by atoms with van der Waals surface area (Å²) in [5.41, 5.74) is 5.79. The van der Waals surface area contributed by atoms with Gasteiger partial charge in [0.15, 0.2) is 0 Å². The molecule has 0 aliphatic heterocycles. The minimum Gasteiger partial charge on any atom is -0.375 e. The summed E-state index contributed by atoms with van der Waals surface area (Å²) in [4.78, 5) is 24.1. The topological polar surface area (TPSA) is 72.6 Å². The second-order valence-corrected chi connectivity index (χ2v) is 3.43. The molecule has 0 aliphatic rings. The summed E-state index contributed by atoms with van der Waals surface area (Å²) in [6.45, 7) is 2.12. The predicted octanol–water partition coefficient (Wildman–Crippen LogP) is 1.52. The Balaban J connectivity index is 2.79. The first-order valence-electron chi connectivity index (χ1n) is 5.46. The molecule has 0 unspecified atom stereocenters. The molecule has 0 saturated carbocycles. The second-order valence-electron chi connectivity index (χ2n) is 3.43. The number of carbonyl (C=O) groups is 2. The van der Waals surface area contributed by atoms with E-state index in [0.717, 1.165) is 6.42 Å². The molecule has 0 saturated heterocycles. The summed E-state index contributed by atoms with van der Waals surface area (Å²) >= 11 is 0. The van der Waals surface area contributed by atoms with Gasteiger partial charge in [-0.2, -0.15) is 0 Å². The van der Waals surface area contributed by atoms with E-state index in [4.69, 9.17) is 5.73 Å². The lowest BCUT2D eigenvalue weighted by molar-refractivity contribution is -0.135. The molecule has 0 aromatic heterocycles. The maximum atomic E-state index is 11.7. The normalized spacial score (nSPS) is 9.76. The number of carbonyl (C=O) groups excluding carboxylic acids is 2. The number of nitrogens with two attached hydrogens (primary N) is 1. The van der Waals surface area contributed by atoms with Gasteiger partial charge < -0.3 is 10.5 Å². The Kier molecular flexibility index (Phi) is 5.16. The third-order valence-corrected chi connectivity index (χ3v) is 2.10. The fourth-order valence-electron chi connectivity index (χ4n) is 1.35.